The van der Waals surface area contributed by atoms with Crippen molar-refractivity contribution in [1.82, 2.24) is 0 Å². The van der Waals surface area contributed by atoms with Crippen LogP contribution in [0.15, 0.2) is 188 Å². The molecular weight excluding hydrogens is 659 g/mol. The molecule has 53 heavy (non-hydrogen) atoms. The van der Waals surface area contributed by atoms with Crippen molar-refractivity contribution in [1.29, 1.82) is 0 Å². The molecule has 8 aromatic carbocycles. The maximum Gasteiger partial charge on any atom is 0.0636 e. The number of benzene rings is 8. The Morgan fingerprint density at radius 1 is 0.415 bits per heavy atom. The molecule has 1 aliphatic carbocycles. The van der Waals surface area contributed by atoms with Gasteiger partial charge in [-0.05, 0) is 92.5 Å². The topological polar surface area (TPSA) is 3.24 Å². The van der Waals surface area contributed by atoms with Gasteiger partial charge in [-0.2, -0.15) is 0 Å². The first kappa shape index (κ1) is 31.5. The van der Waals surface area contributed by atoms with E-state index in [0.717, 1.165) is 11.4 Å². The van der Waals surface area contributed by atoms with Crippen molar-refractivity contribution >= 4 is 48.6 Å². The Hall–Kier alpha value is -6.22. The fourth-order valence-corrected chi connectivity index (χ4v) is 9.53. The molecule has 0 radical (unpaired) electrons. The van der Waals surface area contributed by atoms with Crippen LogP contribution >= 0.6 is 11.3 Å². The summed E-state index contributed by atoms with van der Waals surface area (Å²) in [6.45, 7) is 4.79. The van der Waals surface area contributed by atoms with Gasteiger partial charge in [0.25, 0.3) is 0 Å². The van der Waals surface area contributed by atoms with Crippen molar-refractivity contribution in [2.75, 3.05) is 4.90 Å². The van der Waals surface area contributed by atoms with Crippen LogP contribution in [0, 0.1) is 0 Å². The zero-order chi connectivity index (χ0) is 35.5. The second-order valence-corrected chi connectivity index (χ2v) is 15.6. The summed E-state index contributed by atoms with van der Waals surface area (Å²) in [4.78, 5) is 2.52. The Morgan fingerprint density at radius 2 is 0.906 bits per heavy atom. The van der Waals surface area contributed by atoms with E-state index in [1.807, 2.05) is 11.3 Å². The highest BCUT2D eigenvalue weighted by molar-refractivity contribution is 7.26. The summed E-state index contributed by atoms with van der Waals surface area (Å²) in [5, 5.41) is 2.61. The number of hydrogen-bond acceptors (Lipinski definition) is 2. The van der Waals surface area contributed by atoms with Gasteiger partial charge in [0, 0.05) is 42.5 Å². The van der Waals surface area contributed by atoms with Crippen molar-refractivity contribution in [2.24, 2.45) is 0 Å². The maximum atomic E-state index is 2.52. The van der Waals surface area contributed by atoms with Gasteiger partial charge < -0.3 is 4.90 Å². The standard InChI is InChI=1S/C51H37NS/c1-51(2)44-31-28-39(35-16-8-4-9-17-35)32-43(44)48-45(51)33-47-49(42-20-12-13-21-46(42)53-47)50(48)52(40-18-10-5-11-19-40)41-29-26-38(27-30-41)37-24-22-36(23-25-37)34-14-6-3-7-15-34/h3-33H,1-2H3. The molecule has 1 aromatic heterocycles. The van der Waals surface area contributed by atoms with Crippen LogP contribution in [0.1, 0.15) is 25.0 Å². The third-order valence-corrected chi connectivity index (χ3v) is 12.2. The lowest BCUT2D eigenvalue weighted by Gasteiger charge is -2.30. The Labute approximate surface area is 315 Å². The number of thiophene rings is 1. The molecule has 0 atom stereocenters. The van der Waals surface area contributed by atoms with Crippen LogP contribution in [-0.2, 0) is 5.41 Å². The predicted molar refractivity (Wildman–Crippen MR) is 228 cm³/mol. The molecule has 0 fully saturated rings. The highest BCUT2D eigenvalue weighted by Crippen LogP contribution is 2.59. The Kier molecular flexibility index (Phi) is 7.42. The van der Waals surface area contributed by atoms with E-state index in [2.05, 4.69) is 207 Å². The number of fused-ring (bicyclic) bond motifs is 6. The van der Waals surface area contributed by atoms with Gasteiger partial charge in [-0.1, -0.05) is 159 Å². The van der Waals surface area contributed by atoms with Gasteiger partial charge in [-0.25, -0.2) is 0 Å². The molecule has 1 aliphatic rings. The van der Waals surface area contributed by atoms with Crippen LogP contribution in [0.3, 0.4) is 0 Å². The molecule has 2 heteroatoms. The summed E-state index contributed by atoms with van der Waals surface area (Å²) in [6, 6.07) is 68.9. The summed E-state index contributed by atoms with van der Waals surface area (Å²) in [7, 11) is 0. The van der Waals surface area contributed by atoms with Gasteiger partial charge in [-0.3, -0.25) is 0 Å². The highest BCUT2D eigenvalue weighted by Gasteiger charge is 2.40. The first-order valence-electron chi connectivity index (χ1n) is 18.3. The molecule has 9 aromatic rings. The van der Waals surface area contributed by atoms with Crippen molar-refractivity contribution < 1.29 is 0 Å². The van der Waals surface area contributed by atoms with Crippen molar-refractivity contribution in [3.63, 3.8) is 0 Å². The number of rotatable bonds is 6. The van der Waals surface area contributed by atoms with Crippen LogP contribution in [0.25, 0.3) is 64.7 Å². The smallest absolute Gasteiger partial charge is 0.0636 e. The van der Waals surface area contributed by atoms with Gasteiger partial charge >= 0.3 is 0 Å². The number of hydrogen-bond donors (Lipinski definition) is 0. The van der Waals surface area contributed by atoms with Gasteiger partial charge in [0.1, 0.15) is 0 Å². The SMILES string of the molecule is CC1(C)c2ccc(-c3ccccc3)cc2-c2c1cc1sc3ccccc3c1c2N(c1ccccc1)c1ccc(-c2ccc(-c3ccccc3)cc2)cc1. The minimum absolute atomic E-state index is 0.170. The average molecular weight is 696 g/mol. The van der Waals surface area contributed by atoms with Crippen molar-refractivity contribution in [3.05, 3.63) is 199 Å². The van der Waals surface area contributed by atoms with Crippen molar-refractivity contribution in [3.8, 4) is 44.5 Å². The average Bonchev–Trinajstić information content (AvgIpc) is 3.70. The molecule has 1 heterocycles. The lowest BCUT2D eigenvalue weighted by atomic mass is 9.82. The van der Waals surface area contributed by atoms with E-state index in [1.165, 1.54) is 81.5 Å². The first-order valence-corrected chi connectivity index (χ1v) is 19.2. The largest absolute Gasteiger partial charge is 0.309 e. The summed E-state index contributed by atoms with van der Waals surface area (Å²) in [5.41, 5.74) is 16.1. The fraction of sp³-hybridized carbons (Fsp3) is 0.0588. The Morgan fingerprint density at radius 3 is 1.55 bits per heavy atom. The highest BCUT2D eigenvalue weighted by atomic mass is 32.1. The fourth-order valence-electron chi connectivity index (χ4n) is 8.38. The summed E-state index contributed by atoms with van der Waals surface area (Å²) in [5.74, 6) is 0. The number of nitrogens with zero attached hydrogens (tertiary/aromatic N) is 1. The second-order valence-electron chi connectivity index (χ2n) is 14.5. The van der Waals surface area contributed by atoms with E-state index in [4.69, 9.17) is 0 Å². The summed E-state index contributed by atoms with van der Waals surface area (Å²) < 4.78 is 2.63. The van der Waals surface area contributed by atoms with E-state index in [0.29, 0.717) is 0 Å². The molecule has 1 nitrogen and oxygen atoms in total. The third kappa shape index (κ3) is 5.21. The van der Waals surface area contributed by atoms with Crippen LogP contribution in [0.4, 0.5) is 17.1 Å². The first-order chi connectivity index (χ1) is 26.0. The molecule has 10 rings (SSSR count). The molecule has 0 saturated heterocycles. The lowest BCUT2D eigenvalue weighted by molar-refractivity contribution is 0.661. The van der Waals surface area contributed by atoms with E-state index >= 15 is 0 Å². The number of anilines is 3. The predicted octanol–water partition coefficient (Wildman–Crippen LogP) is 14.8. The summed E-state index contributed by atoms with van der Waals surface area (Å²) >= 11 is 1.90. The van der Waals surface area contributed by atoms with E-state index in [-0.39, 0.29) is 5.41 Å². The molecule has 0 spiro atoms. The number of para-hydroxylation sites is 1. The Balaban J connectivity index is 1.21. The van der Waals surface area contributed by atoms with Gasteiger partial charge in [0.2, 0.25) is 0 Å². The molecule has 0 N–H and O–H groups in total. The van der Waals surface area contributed by atoms with Crippen LogP contribution < -0.4 is 4.90 Å². The normalized spacial score (nSPS) is 12.9. The van der Waals surface area contributed by atoms with Gasteiger partial charge in [0.05, 0.1) is 5.69 Å². The zero-order valence-corrected chi connectivity index (χ0v) is 30.6. The van der Waals surface area contributed by atoms with E-state index in [9.17, 15) is 0 Å². The van der Waals surface area contributed by atoms with Crippen LogP contribution in [0.5, 0.6) is 0 Å². The monoisotopic (exact) mass is 695 g/mol. The summed E-state index contributed by atoms with van der Waals surface area (Å²) in [6.07, 6.45) is 0. The Bertz CT molecular complexity index is 2760. The lowest BCUT2D eigenvalue weighted by Crippen LogP contribution is -2.16. The quantitative estimate of drug-likeness (QED) is 0.167. The maximum absolute atomic E-state index is 2.52. The third-order valence-electron chi connectivity index (χ3n) is 11.1. The molecule has 0 bridgehead atoms. The molecule has 0 aliphatic heterocycles. The molecular formula is C51H37NS. The zero-order valence-electron chi connectivity index (χ0n) is 29.8. The van der Waals surface area contributed by atoms with Crippen LogP contribution in [0.2, 0.25) is 0 Å². The molecule has 252 valence electrons. The van der Waals surface area contributed by atoms with Gasteiger partial charge in [-0.15, -0.1) is 11.3 Å². The minimum Gasteiger partial charge on any atom is -0.309 e. The van der Waals surface area contributed by atoms with Gasteiger partial charge in [0.15, 0.2) is 0 Å². The molecule has 0 amide bonds. The molecule has 0 saturated carbocycles. The van der Waals surface area contributed by atoms with Crippen LogP contribution in [-0.4, -0.2) is 0 Å². The van der Waals surface area contributed by atoms with E-state index in [1.54, 1.807) is 0 Å². The van der Waals surface area contributed by atoms with Crippen molar-refractivity contribution in [2.45, 2.75) is 19.3 Å². The molecule has 0 unspecified atom stereocenters. The minimum atomic E-state index is -0.170. The second kappa shape index (κ2) is 12.5. The van der Waals surface area contributed by atoms with E-state index < -0.39 is 0 Å².